The lowest BCUT2D eigenvalue weighted by Gasteiger charge is -2.04. The number of hydrogen-bond donors (Lipinski definition) is 0. The van der Waals surface area contributed by atoms with Crippen molar-refractivity contribution in [2.45, 2.75) is 6.54 Å². The molecule has 2 rings (SSSR count). The van der Waals surface area contributed by atoms with Gasteiger partial charge in [-0.2, -0.15) is 5.10 Å². The highest BCUT2D eigenvalue weighted by atomic mass is 79.9. The molecule has 1 aromatic carbocycles. The van der Waals surface area contributed by atoms with E-state index in [2.05, 4.69) is 21.0 Å². The summed E-state index contributed by atoms with van der Waals surface area (Å²) in [5, 5.41) is 4.06. The molecule has 0 fully saturated rings. The fourth-order valence-electron chi connectivity index (χ4n) is 1.24. The van der Waals surface area contributed by atoms with Crippen LogP contribution in [0.15, 0.2) is 41.1 Å². The summed E-state index contributed by atoms with van der Waals surface area (Å²) in [4.78, 5) is 0. The Hall–Kier alpha value is -1.16. The minimum atomic E-state index is -0.241. The normalized spacial score (nSPS) is 10.4. The van der Waals surface area contributed by atoms with Gasteiger partial charge < -0.3 is 0 Å². The molecular weight excluding hydrogens is 247 g/mol. The van der Waals surface area contributed by atoms with Gasteiger partial charge in [0.2, 0.25) is 0 Å². The van der Waals surface area contributed by atoms with Crippen molar-refractivity contribution in [2.24, 2.45) is 0 Å². The van der Waals surface area contributed by atoms with E-state index in [1.165, 1.54) is 6.07 Å². The van der Waals surface area contributed by atoms with E-state index in [0.29, 0.717) is 11.0 Å². The van der Waals surface area contributed by atoms with Crippen molar-refractivity contribution in [2.75, 3.05) is 0 Å². The molecule has 2 nitrogen and oxygen atoms in total. The van der Waals surface area contributed by atoms with Crippen molar-refractivity contribution in [3.05, 3.63) is 52.5 Å². The Morgan fingerprint density at radius 1 is 1.36 bits per heavy atom. The molecule has 0 aliphatic rings. The van der Waals surface area contributed by atoms with Crippen molar-refractivity contribution in [1.29, 1.82) is 0 Å². The highest BCUT2D eigenvalue weighted by Crippen LogP contribution is 2.20. The molecule has 0 aliphatic heterocycles. The summed E-state index contributed by atoms with van der Waals surface area (Å²) in [5.74, 6) is -0.241. The standard InChI is InChI=1S/C10H8BrFN2/c11-10-8(3-1-4-9(10)12)7-14-6-2-5-13-14/h1-6H,7H2. The van der Waals surface area contributed by atoms with Crippen molar-refractivity contribution in [3.8, 4) is 0 Å². The van der Waals surface area contributed by atoms with Crippen LogP contribution >= 0.6 is 15.9 Å². The quantitative estimate of drug-likeness (QED) is 0.806. The van der Waals surface area contributed by atoms with Crippen LogP contribution in [0.3, 0.4) is 0 Å². The summed E-state index contributed by atoms with van der Waals surface area (Å²) < 4.78 is 15.4. The summed E-state index contributed by atoms with van der Waals surface area (Å²) in [6.07, 6.45) is 3.55. The molecule has 0 saturated carbocycles. The first-order chi connectivity index (χ1) is 6.77. The fourth-order valence-corrected chi connectivity index (χ4v) is 1.63. The number of nitrogens with zero attached hydrogens (tertiary/aromatic N) is 2. The third-order valence-corrected chi connectivity index (χ3v) is 2.81. The number of aromatic nitrogens is 2. The van der Waals surface area contributed by atoms with Crippen LogP contribution in [0.1, 0.15) is 5.56 Å². The van der Waals surface area contributed by atoms with E-state index >= 15 is 0 Å². The first-order valence-electron chi connectivity index (χ1n) is 4.17. The van der Waals surface area contributed by atoms with Crippen molar-refractivity contribution in [1.82, 2.24) is 9.78 Å². The van der Waals surface area contributed by atoms with Gasteiger partial charge in [-0.3, -0.25) is 4.68 Å². The largest absolute Gasteiger partial charge is 0.268 e. The van der Waals surface area contributed by atoms with Crippen LogP contribution in [0.2, 0.25) is 0 Å². The Labute approximate surface area is 89.5 Å². The third-order valence-electron chi connectivity index (χ3n) is 1.92. The lowest BCUT2D eigenvalue weighted by molar-refractivity contribution is 0.611. The zero-order chi connectivity index (χ0) is 9.97. The van der Waals surface area contributed by atoms with E-state index in [4.69, 9.17) is 0 Å². The Morgan fingerprint density at radius 2 is 2.21 bits per heavy atom. The van der Waals surface area contributed by atoms with Gasteiger partial charge in [0.1, 0.15) is 5.82 Å². The van der Waals surface area contributed by atoms with Crippen LogP contribution in [-0.2, 0) is 6.54 Å². The maximum Gasteiger partial charge on any atom is 0.137 e. The molecule has 0 N–H and O–H groups in total. The minimum absolute atomic E-state index is 0.241. The number of benzene rings is 1. The number of hydrogen-bond acceptors (Lipinski definition) is 1. The van der Waals surface area contributed by atoms with Gasteiger partial charge in [0.25, 0.3) is 0 Å². The van der Waals surface area contributed by atoms with E-state index in [9.17, 15) is 4.39 Å². The van der Waals surface area contributed by atoms with Gasteiger partial charge in [-0.15, -0.1) is 0 Å². The molecule has 0 unspecified atom stereocenters. The van der Waals surface area contributed by atoms with E-state index in [-0.39, 0.29) is 5.82 Å². The van der Waals surface area contributed by atoms with Crippen LogP contribution in [0.5, 0.6) is 0 Å². The van der Waals surface area contributed by atoms with Gasteiger partial charge >= 0.3 is 0 Å². The van der Waals surface area contributed by atoms with Crippen LogP contribution in [-0.4, -0.2) is 9.78 Å². The molecule has 0 atom stereocenters. The molecule has 0 spiro atoms. The van der Waals surface area contributed by atoms with Gasteiger partial charge in [0.05, 0.1) is 11.0 Å². The summed E-state index contributed by atoms with van der Waals surface area (Å²) in [6.45, 7) is 0.575. The average molecular weight is 255 g/mol. The molecule has 0 aliphatic carbocycles. The van der Waals surface area contributed by atoms with Crippen molar-refractivity contribution >= 4 is 15.9 Å². The topological polar surface area (TPSA) is 17.8 Å². The molecular formula is C10H8BrFN2. The first kappa shape index (κ1) is 9.40. The SMILES string of the molecule is Fc1cccc(Cn2cccn2)c1Br. The van der Waals surface area contributed by atoms with Crippen LogP contribution in [0, 0.1) is 5.82 Å². The van der Waals surface area contributed by atoms with E-state index in [1.807, 2.05) is 18.3 Å². The molecule has 72 valence electrons. The molecule has 0 saturated heterocycles. The highest BCUT2D eigenvalue weighted by Gasteiger charge is 2.05. The van der Waals surface area contributed by atoms with Crippen LogP contribution in [0.25, 0.3) is 0 Å². The minimum Gasteiger partial charge on any atom is -0.268 e. The molecule has 0 bridgehead atoms. The maximum absolute atomic E-state index is 13.1. The van der Waals surface area contributed by atoms with Gasteiger partial charge in [-0.05, 0) is 33.6 Å². The molecule has 0 radical (unpaired) electrons. The van der Waals surface area contributed by atoms with E-state index < -0.39 is 0 Å². The molecule has 2 aromatic rings. The Kier molecular flexibility index (Phi) is 2.63. The Balaban J connectivity index is 2.29. The zero-order valence-corrected chi connectivity index (χ0v) is 8.91. The summed E-state index contributed by atoms with van der Waals surface area (Å²) in [5.41, 5.74) is 0.883. The summed E-state index contributed by atoms with van der Waals surface area (Å²) >= 11 is 3.21. The second-order valence-electron chi connectivity index (χ2n) is 2.92. The van der Waals surface area contributed by atoms with Gasteiger partial charge in [0, 0.05) is 12.4 Å². The monoisotopic (exact) mass is 254 g/mol. The molecule has 1 heterocycles. The Bertz CT molecular complexity index is 426. The lowest BCUT2D eigenvalue weighted by Crippen LogP contribution is -2.01. The van der Waals surface area contributed by atoms with Gasteiger partial charge in [-0.1, -0.05) is 12.1 Å². The molecule has 1 aromatic heterocycles. The predicted octanol–water partition coefficient (Wildman–Crippen LogP) is 2.83. The second-order valence-corrected chi connectivity index (χ2v) is 3.71. The van der Waals surface area contributed by atoms with Gasteiger partial charge in [-0.25, -0.2) is 4.39 Å². The second kappa shape index (κ2) is 3.92. The van der Waals surface area contributed by atoms with Gasteiger partial charge in [0.15, 0.2) is 0 Å². The summed E-state index contributed by atoms with van der Waals surface area (Å²) in [6, 6.07) is 6.83. The maximum atomic E-state index is 13.1. The van der Waals surface area contributed by atoms with Crippen molar-refractivity contribution < 1.29 is 4.39 Å². The molecule has 0 amide bonds. The predicted molar refractivity (Wildman–Crippen MR) is 55.4 cm³/mol. The average Bonchev–Trinajstić information content (AvgIpc) is 2.66. The van der Waals surface area contributed by atoms with E-state index in [0.717, 1.165) is 5.56 Å². The van der Waals surface area contributed by atoms with Crippen LogP contribution in [0.4, 0.5) is 4.39 Å². The third kappa shape index (κ3) is 1.85. The molecule has 14 heavy (non-hydrogen) atoms. The summed E-state index contributed by atoms with van der Waals surface area (Å²) in [7, 11) is 0. The number of halogens is 2. The zero-order valence-electron chi connectivity index (χ0n) is 7.32. The number of rotatable bonds is 2. The first-order valence-corrected chi connectivity index (χ1v) is 4.97. The van der Waals surface area contributed by atoms with E-state index in [1.54, 1.807) is 16.9 Å². The van der Waals surface area contributed by atoms with Crippen LogP contribution < -0.4 is 0 Å². The lowest BCUT2D eigenvalue weighted by atomic mass is 10.2. The smallest absolute Gasteiger partial charge is 0.137 e. The Morgan fingerprint density at radius 3 is 2.93 bits per heavy atom. The highest BCUT2D eigenvalue weighted by molar-refractivity contribution is 9.10. The molecule has 4 heteroatoms. The fraction of sp³-hybridized carbons (Fsp3) is 0.100. The van der Waals surface area contributed by atoms with Crippen molar-refractivity contribution in [3.63, 3.8) is 0 Å².